The predicted octanol–water partition coefficient (Wildman–Crippen LogP) is 0.237. The minimum atomic E-state index is -0.244. The number of ether oxygens (including phenoxy) is 1. The zero-order valence-corrected chi connectivity index (χ0v) is 7.01. The molecule has 1 aliphatic heterocycles. The molecule has 68 valence electrons. The van der Waals surface area contributed by atoms with Crippen molar-refractivity contribution >= 4 is 6.09 Å². The van der Waals surface area contributed by atoms with Crippen LogP contribution in [-0.2, 0) is 4.74 Å². The normalized spacial score (nSPS) is 28.5. The standard InChI is InChI=1S/C8H14N2O2/c11-8(10-6-1-2-6)12-7-3-4-9-5-7/h6-7,9H,1-5H2,(H,10,11)/t7-/m0/s1. The van der Waals surface area contributed by atoms with E-state index in [-0.39, 0.29) is 12.2 Å². The summed E-state index contributed by atoms with van der Waals surface area (Å²) in [5.41, 5.74) is 0. The summed E-state index contributed by atoms with van der Waals surface area (Å²) < 4.78 is 5.15. The summed E-state index contributed by atoms with van der Waals surface area (Å²) in [5, 5.41) is 5.93. The molecule has 0 radical (unpaired) electrons. The highest BCUT2D eigenvalue weighted by Crippen LogP contribution is 2.18. The molecule has 12 heavy (non-hydrogen) atoms. The van der Waals surface area contributed by atoms with E-state index in [1.807, 2.05) is 0 Å². The van der Waals surface area contributed by atoms with Crippen molar-refractivity contribution in [3.63, 3.8) is 0 Å². The molecule has 0 unspecified atom stereocenters. The molecule has 2 N–H and O–H groups in total. The number of hydrogen-bond donors (Lipinski definition) is 2. The van der Waals surface area contributed by atoms with Crippen molar-refractivity contribution < 1.29 is 9.53 Å². The summed E-state index contributed by atoms with van der Waals surface area (Å²) in [4.78, 5) is 11.1. The molecule has 0 bridgehead atoms. The van der Waals surface area contributed by atoms with Crippen LogP contribution in [0, 0.1) is 0 Å². The maximum atomic E-state index is 11.1. The summed E-state index contributed by atoms with van der Waals surface area (Å²) in [6.07, 6.45) is 3.00. The second-order valence-electron chi connectivity index (χ2n) is 3.44. The molecule has 2 fully saturated rings. The van der Waals surface area contributed by atoms with Crippen LogP contribution in [0.25, 0.3) is 0 Å². The van der Waals surface area contributed by atoms with Crippen LogP contribution in [0.2, 0.25) is 0 Å². The maximum Gasteiger partial charge on any atom is 0.407 e. The van der Waals surface area contributed by atoms with Gasteiger partial charge in [0.2, 0.25) is 0 Å². The first kappa shape index (κ1) is 7.86. The first-order valence-electron chi connectivity index (χ1n) is 4.52. The van der Waals surface area contributed by atoms with Crippen LogP contribution in [0.5, 0.6) is 0 Å². The maximum absolute atomic E-state index is 11.1. The molecule has 0 spiro atoms. The van der Waals surface area contributed by atoms with Gasteiger partial charge in [0.15, 0.2) is 0 Å². The van der Waals surface area contributed by atoms with Gasteiger partial charge in [0.1, 0.15) is 6.10 Å². The molecule has 0 aromatic heterocycles. The first-order valence-corrected chi connectivity index (χ1v) is 4.52. The zero-order valence-electron chi connectivity index (χ0n) is 7.01. The van der Waals surface area contributed by atoms with Crippen LogP contribution in [-0.4, -0.2) is 31.3 Å². The number of rotatable bonds is 2. The number of nitrogens with one attached hydrogen (secondary N) is 2. The number of alkyl carbamates (subject to hydrolysis) is 1. The van der Waals surface area contributed by atoms with Gasteiger partial charge in [0.25, 0.3) is 0 Å². The Hall–Kier alpha value is -0.770. The van der Waals surface area contributed by atoms with Crippen molar-refractivity contribution in [1.29, 1.82) is 0 Å². The molecule has 1 aliphatic carbocycles. The Morgan fingerprint density at radius 3 is 2.83 bits per heavy atom. The second kappa shape index (κ2) is 3.31. The van der Waals surface area contributed by atoms with Crippen molar-refractivity contribution in [1.82, 2.24) is 10.6 Å². The Morgan fingerprint density at radius 2 is 2.25 bits per heavy atom. The van der Waals surface area contributed by atoms with Gasteiger partial charge in [-0.3, -0.25) is 0 Å². The molecular weight excluding hydrogens is 156 g/mol. The third-order valence-corrected chi connectivity index (χ3v) is 2.19. The third-order valence-electron chi connectivity index (χ3n) is 2.19. The first-order chi connectivity index (χ1) is 5.84. The Bertz CT molecular complexity index is 174. The number of amides is 1. The van der Waals surface area contributed by atoms with E-state index in [4.69, 9.17) is 4.74 Å². The van der Waals surface area contributed by atoms with Crippen LogP contribution in [0.4, 0.5) is 4.79 Å². The van der Waals surface area contributed by atoms with E-state index in [9.17, 15) is 4.79 Å². The molecule has 1 heterocycles. The van der Waals surface area contributed by atoms with Crippen molar-refractivity contribution in [2.45, 2.75) is 31.4 Å². The van der Waals surface area contributed by atoms with Crippen molar-refractivity contribution in [3.05, 3.63) is 0 Å². The fraction of sp³-hybridized carbons (Fsp3) is 0.875. The van der Waals surface area contributed by atoms with Gasteiger partial charge in [-0.2, -0.15) is 0 Å². The van der Waals surface area contributed by atoms with Crippen molar-refractivity contribution in [3.8, 4) is 0 Å². The van der Waals surface area contributed by atoms with Crippen LogP contribution in [0.3, 0.4) is 0 Å². The summed E-state index contributed by atoms with van der Waals surface area (Å²) >= 11 is 0. The van der Waals surface area contributed by atoms with E-state index in [1.54, 1.807) is 0 Å². The molecule has 1 saturated heterocycles. The highest BCUT2D eigenvalue weighted by atomic mass is 16.6. The van der Waals surface area contributed by atoms with Gasteiger partial charge in [0.05, 0.1) is 0 Å². The fourth-order valence-corrected chi connectivity index (χ4v) is 1.31. The monoisotopic (exact) mass is 170 g/mol. The summed E-state index contributed by atoms with van der Waals surface area (Å²) in [7, 11) is 0. The molecule has 2 rings (SSSR count). The van der Waals surface area contributed by atoms with Gasteiger partial charge >= 0.3 is 6.09 Å². The van der Waals surface area contributed by atoms with Crippen LogP contribution >= 0.6 is 0 Å². The van der Waals surface area contributed by atoms with E-state index in [2.05, 4.69) is 10.6 Å². The average Bonchev–Trinajstić information content (AvgIpc) is 2.66. The van der Waals surface area contributed by atoms with E-state index in [0.717, 1.165) is 32.4 Å². The average molecular weight is 170 g/mol. The molecule has 1 atom stereocenters. The summed E-state index contributed by atoms with van der Waals surface area (Å²) in [6, 6.07) is 0.395. The lowest BCUT2D eigenvalue weighted by Gasteiger charge is -2.10. The lowest BCUT2D eigenvalue weighted by atomic mass is 10.3. The third kappa shape index (κ3) is 2.11. The Balaban J connectivity index is 1.66. The van der Waals surface area contributed by atoms with Crippen LogP contribution < -0.4 is 10.6 Å². The largest absolute Gasteiger partial charge is 0.445 e. The lowest BCUT2D eigenvalue weighted by Crippen LogP contribution is -2.31. The van der Waals surface area contributed by atoms with Gasteiger partial charge in [-0.15, -0.1) is 0 Å². The van der Waals surface area contributed by atoms with Crippen LogP contribution in [0.1, 0.15) is 19.3 Å². The molecule has 2 aliphatic rings. The van der Waals surface area contributed by atoms with E-state index in [1.165, 1.54) is 0 Å². The predicted molar refractivity (Wildman–Crippen MR) is 43.9 cm³/mol. The fourth-order valence-electron chi connectivity index (χ4n) is 1.31. The second-order valence-corrected chi connectivity index (χ2v) is 3.44. The van der Waals surface area contributed by atoms with Crippen molar-refractivity contribution in [2.24, 2.45) is 0 Å². The minimum absolute atomic E-state index is 0.0868. The van der Waals surface area contributed by atoms with Gasteiger partial charge in [-0.1, -0.05) is 0 Å². The smallest absolute Gasteiger partial charge is 0.407 e. The van der Waals surface area contributed by atoms with Gasteiger partial charge in [-0.25, -0.2) is 4.79 Å². The molecule has 1 amide bonds. The molecule has 4 heteroatoms. The molecule has 1 saturated carbocycles. The highest BCUT2D eigenvalue weighted by molar-refractivity contribution is 5.68. The highest BCUT2D eigenvalue weighted by Gasteiger charge is 2.26. The number of hydrogen-bond acceptors (Lipinski definition) is 3. The zero-order chi connectivity index (χ0) is 8.39. The van der Waals surface area contributed by atoms with Gasteiger partial charge in [0, 0.05) is 12.6 Å². The molecule has 4 nitrogen and oxygen atoms in total. The van der Waals surface area contributed by atoms with Crippen LogP contribution in [0.15, 0.2) is 0 Å². The van der Waals surface area contributed by atoms with E-state index < -0.39 is 0 Å². The molecule has 0 aromatic carbocycles. The van der Waals surface area contributed by atoms with Gasteiger partial charge in [-0.05, 0) is 25.8 Å². The molecule has 0 aromatic rings. The Kier molecular flexibility index (Phi) is 2.17. The minimum Gasteiger partial charge on any atom is -0.445 e. The number of carbonyl (C=O) groups excluding carboxylic acids is 1. The van der Waals surface area contributed by atoms with E-state index in [0.29, 0.717) is 6.04 Å². The van der Waals surface area contributed by atoms with Gasteiger partial charge < -0.3 is 15.4 Å². The lowest BCUT2D eigenvalue weighted by molar-refractivity contribution is 0.107. The quantitative estimate of drug-likeness (QED) is 0.624. The summed E-state index contributed by atoms with van der Waals surface area (Å²) in [5.74, 6) is 0. The topological polar surface area (TPSA) is 50.4 Å². The number of carbonyl (C=O) groups is 1. The van der Waals surface area contributed by atoms with Crippen molar-refractivity contribution in [2.75, 3.05) is 13.1 Å². The Labute approximate surface area is 71.7 Å². The molecular formula is C8H14N2O2. The Morgan fingerprint density at radius 1 is 1.42 bits per heavy atom. The SMILES string of the molecule is O=C(NC1CC1)O[C@H]1CCNC1. The van der Waals surface area contributed by atoms with E-state index >= 15 is 0 Å². The summed E-state index contributed by atoms with van der Waals surface area (Å²) in [6.45, 7) is 1.76.